The van der Waals surface area contributed by atoms with E-state index in [1.165, 1.54) is 0 Å². The van der Waals surface area contributed by atoms with Gasteiger partial charge in [0.05, 0.1) is 5.56 Å². The molecular formula is C16H18O2S. The van der Waals surface area contributed by atoms with E-state index in [4.69, 9.17) is 4.74 Å². The van der Waals surface area contributed by atoms with Crippen LogP contribution in [0.4, 0.5) is 0 Å². The van der Waals surface area contributed by atoms with Gasteiger partial charge in [0, 0.05) is 10.3 Å². The zero-order valence-corrected chi connectivity index (χ0v) is 12.5. The van der Waals surface area contributed by atoms with Crippen molar-refractivity contribution in [3.8, 4) is 10.4 Å². The van der Waals surface area contributed by atoms with Crippen molar-refractivity contribution in [2.75, 3.05) is 0 Å². The van der Waals surface area contributed by atoms with E-state index < -0.39 is 5.60 Å². The van der Waals surface area contributed by atoms with Crippen molar-refractivity contribution in [1.29, 1.82) is 0 Å². The number of hydrogen-bond acceptors (Lipinski definition) is 3. The number of rotatable bonds is 2. The Morgan fingerprint density at radius 2 is 1.79 bits per heavy atom. The third kappa shape index (κ3) is 3.24. The zero-order chi connectivity index (χ0) is 14.0. The Hall–Kier alpha value is -1.61. The lowest BCUT2D eigenvalue weighted by atomic mass is 10.1. The molecule has 0 aliphatic carbocycles. The van der Waals surface area contributed by atoms with Crippen molar-refractivity contribution in [3.05, 3.63) is 46.8 Å². The molecule has 1 aromatic heterocycles. The molecule has 0 aliphatic rings. The van der Waals surface area contributed by atoms with Crippen LogP contribution >= 0.6 is 11.3 Å². The summed E-state index contributed by atoms with van der Waals surface area (Å²) in [5.41, 5.74) is 2.34. The molecular weight excluding hydrogens is 256 g/mol. The molecule has 2 aromatic rings. The van der Waals surface area contributed by atoms with Crippen LogP contribution in [0.5, 0.6) is 0 Å². The van der Waals surface area contributed by atoms with Crippen molar-refractivity contribution in [3.63, 3.8) is 0 Å². The standard InChI is InChI=1S/C16H18O2S/c1-11-13(15(17)18-16(2,3)4)10-19-14(11)12-8-6-5-7-9-12/h5-10H,1-4H3. The van der Waals surface area contributed by atoms with Crippen LogP contribution in [-0.2, 0) is 4.74 Å². The third-order valence-electron chi connectivity index (χ3n) is 2.69. The topological polar surface area (TPSA) is 26.3 Å². The fraction of sp³-hybridized carbons (Fsp3) is 0.312. The highest BCUT2D eigenvalue weighted by Gasteiger charge is 2.21. The van der Waals surface area contributed by atoms with Gasteiger partial charge in [-0.15, -0.1) is 11.3 Å². The van der Waals surface area contributed by atoms with Gasteiger partial charge in [-0.1, -0.05) is 30.3 Å². The largest absolute Gasteiger partial charge is 0.456 e. The summed E-state index contributed by atoms with van der Waals surface area (Å²) in [6, 6.07) is 10.1. The average molecular weight is 274 g/mol. The Kier molecular flexibility index (Phi) is 3.76. The van der Waals surface area contributed by atoms with Crippen molar-refractivity contribution in [2.24, 2.45) is 0 Å². The van der Waals surface area contributed by atoms with Gasteiger partial charge in [-0.2, -0.15) is 0 Å². The minimum atomic E-state index is -0.460. The van der Waals surface area contributed by atoms with Crippen LogP contribution in [0.3, 0.4) is 0 Å². The van der Waals surface area contributed by atoms with Crippen LogP contribution in [0.1, 0.15) is 36.7 Å². The van der Waals surface area contributed by atoms with Gasteiger partial charge in [0.15, 0.2) is 0 Å². The van der Waals surface area contributed by atoms with E-state index >= 15 is 0 Å². The summed E-state index contributed by atoms with van der Waals surface area (Å²) in [4.78, 5) is 13.2. The summed E-state index contributed by atoms with van der Waals surface area (Å²) in [6.07, 6.45) is 0. The Bertz CT molecular complexity index is 577. The second kappa shape index (κ2) is 5.17. The molecule has 0 N–H and O–H groups in total. The van der Waals surface area contributed by atoms with E-state index in [0.29, 0.717) is 5.56 Å². The van der Waals surface area contributed by atoms with Crippen LogP contribution in [0.25, 0.3) is 10.4 Å². The number of carbonyl (C=O) groups is 1. The molecule has 1 aromatic carbocycles. The van der Waals surface area contributed by atoms with Crippen molar-refractivity contribution in [1.82, 2.24) is 0 Å². The fourth-order valence-electron chi connectivity index (χ4n) is 1.83. The average Bonchev–Trinajstić information content (AvgIpc) is 2.70. The molecule has 3 heteroatoms. The quantitative estimate of drug-likeness (QED) is 0.743. The van der Waals surface area contributed by atoms with Gasteiger partial charge in [-0.3, -0.25) is 0 Å². The third-order valence-corrected chi connectivity index (χ3v) is 3.83. The molecule has 2 nitrogen and oxygen atoms in total. The first kappa shape index (κ1) is 13.8. The monoisotopic (exact) mass is 274 g/mol. The van der Waals surface area contributed by atoms with E-state index in [0.717, 1.165) is 16.0 Å². The minimum absolute atomic E-state index is 0.247. The van der Waals surface area contributed by atoms with Gasteiger partial charge >= 0.3 is 5.97 Å². The second-order valence-corrected chi connectivity index (χ2v) is 6.35. The summed E-state index contributed by atoms with van der Waals surface area (Å²) in [6.45, 7) is 7.61. The maximum atomic E-state index is 12.1. The summed E-state index contributed by atoms with van der Waals surface area (Å²) < 4.78 is 5.42. The molecule has 2 rings (SSSR count). The zero-order valence-electron chi connectivity index (χ0n) is 11.7. The van der Waals surface area contributed by atoms with E-state index in [1.54, 1.807) is 11.3 Å². The molecule has 0 aliphatic heterocycles. The van der Waals surface area contributed by atoms with Crippen molar-refractivity contribution in [2.45, 2.75) is 33.3 Å². The molecule has 0 unspecified atom stereocenters. The second-order valence-electron chi connectivity index (χ2n) is 5.47. The summed E-state index contributed by atoms with van der Waals surface area (Å²) in [7, 11) is 0. The molecule has 19 heavy (non-hydrogen) atoms. The van der Waals surface area contributed by atoms with Gasteiger partial charge in [-0.25, -0.2) is 4.79 Å². The molecule has 0 amide bonds. The fourth-order valence-corrected chi connectivity index (χ4v) is 2.89. The molecule has 1 heterocycles. The SMILES string of the molecule is Cc1c(C(=O)OC(C)(C)C)csc1-c1ccccc1. The molecule has 0 fully saturated rings. The Labute approximate surface area is 118 Å². The molecule has 0 atom stereocenters. The number of ether oxygens (including phenoxy) is 1. The number of hydrogen-bond donors (Lipinski definition) is 0. The maximum absolute atomic E-state index is 12.1. The van der Waals surface area contributed by atoms with Gasteiger partial charge in [0.2, 0.25) is 0 Å². The van der Waals surface area contributed by atoms with Gasteiger partial charge < -0.3 is 4.74 Å². The lowest BCUT2D eigenvalue weighted by molar-refractivity contribution is 0.00694. The predicted octanol–water partition coefficient (Wildman–Crippen LogP) is 4.68. The maximum Gasteiger partial charge on any atom is 0.339 e. The van der Waals surface area contributed by atoms with E-state index in [1.807, 2.05) is 51.3 Å². The molecule has 0 bridgehead atoms. The summed E-state index contributed by atoms with van der Waals surface area (Å²) in [5, 5.41) is 1.88. The highest BCUT2D eigenvalue weighted by molar-refractivity contribution is 7.14. The highest BCUT2D eigenvalue weighted by atomic mass is 32.1. The normalized spacial score (nSPS) is 11.4. The first-order chi connectivity index (χ1) is 8.88. The number of benzene rings is 1. The minimum Gasteiger partial charge on any atom is -0.456 e. The molecule has 100 valence electrons. The smallest absolute Gasteiger partial charge is 0.339 e. The van der Waals surface area contributed by atoms with Crippen LogP contribution in [0, 0.1) is 6.92 Å². The summed E-state index contributed by atoms with van der Waals surface area (Å²) >= 11 is 1.58. The van der Waals surface area contributed by atoms with Crippen LogP contribution in [0.15, 0.2) is 35.7 Å². The Morgan fingerprint density at radius 3 is 2.37 bits per heavy atom. The molecule has 0 radical (unpaired) electrons. The number of carbonyl (C=O) groups excluding carboxylic acids is 1. The first-order valence-corrected chi connectivity index (χ1v) is 7.13. The van der Waals surface area contributed by atoms with Crippen molar-refractivity contribution >= 4 is 17.3 Å². The molecule has 0 spiro atoms. The van der Waals surface area contributed by atoms with Gasteiger partial charge in [-0.05, 0) is 38.8 Å². The van der Waals surface area contributed by atoms with Crippen LogP contribution in [0.2, 0.25) is 0 Å². The number of esters is 1. The number of thiophene rings is 1. The lowest BCUT2D eigenvalue weighted by Crippen LogP contribution is -2.24. The Morgan fingerprint density at radius 1 is 1.16 bits per heavy atom. The first-order valence-electron chi connectivity index (χ1n) is 6.25. The van der Waals surface area contributed by atoms with Crippen LogP contribution in [-0.4, -0.2) is 11.6 Å². The van der Waals surface area contributed by atoms with Crippen molar-refractivity contribution < 1.29 is 9.53 Å². The lowest BCUT2D eigenvalue weighted by Gasteiger charge is -2.19. The van der Waals surface area contributed by atoms with E-state index in [-0.39, 0.29) is 5.97 Å². The van der Waals surface area contributed by atoms with Crippen LogP contribution < -0.4 is 0 Å². The van der Waals surface area contributed by atoms with E-state index in [2.05, 4.69) is 12.1 Å². The van der Waals surface area contributed by atoms with E-state index in [9.17, 15) is 4.79 Å². The van der Waals surface area contributed by atoms with Gasteiger partial charge in [0.1, 0.15) is 5.60 Å². The Balaban J connectivity index is 2.31. The highest BCUT2D eigenvalue weighted by Crippen LogP contribution is 2.32. The molecule has 0 saturated heterocycles. The summed E-state index contributed by atoms with van der Waals surface area (Å²) in [5.74, 6) is -0.247. The predicted molar refractivity (Wildman–Crippen MR) is 79.7 cm³/mol. The molecule has 0 saturated carbocycles. The van der Waals surface area contributed by atoms with Gasteiger partial charge in [0.25, 0.3) is 0 Å².